The maximum Gasteiger partial charge on any atom is 0.322 e. The molecule has 0 radical (unpaired) electrons. The zero-order chi connectivity index (χ0) is 19.5. The third kappa shape index (κ3) is 3.46. The number of hydrogen-bond donors (Lipinski definition) is 1. The molecular formula is C21H28N4O3. The van der Waals surface area contributed by atoms with Crippen molar-refractivity contribution in [2.75, 3.05) is 25.1 Å². The Bertz CT molecular complexity index is 848. The molecule has 1 saturated heterocycles. The standard InChI is InChI=1S/C21H28N4O3/c1-3-25-17-11-13-27-14-15(17)20(23-25)18-9-7-12-24(18)21(26)22-16-8-5-6-10-19(16)28-4-2/h5-6,8,10,18H,3-4,7,9,11-14H2,1-2H3,(H,22,26). The number of benzene rings is 1. The highest BCUT2D eigenvalue weighted by atomic mass is 16.5. The molecule has 4 rings (SSSR count). The van der Waals surface area contributed by atoms with Crippen LogP contribution in [0.3, 0.4) is 0 Å². The molecule has 0 bridgehead atoms. The van der Waals surface area contributed by atoms with Crippen LogP contribution in [-0.2, 0) is 24.3 Å². The topological polar surface area (TPSA) is 68.6 Å². The highest BCUT2D eigenvalue weighted by molar-refractivity contribution is 5.91. The molecule has 2 aliphatic heterocycles. The molecule has 7 nitrogen and oxygen atoms in total. The number of fused-ring (bicyclic) bond motifs is 1. The van der Waals surface area contributed by atoms with E-state index < -0.39 is 0 Å². The Kier molecular flexibility index (Phi) is 5.52. The number of carbonyl (C=O) groups excluding carboxylic acids is 1. The second-order valence-electron chi connectivity index (χ2n) is 7.14. The Morgan fingerprint density at radius 1 is 1.36 bits per heavy atom. The molecule has 0 spiro atoms. The lowest BCUT2D eigenvalue weighted by Crippen LogP contribution is -2.35. The molecule has 7 heteroatoms. The quantitative estimate of drug-likeness (QED) is 0.853. The van der Waals surface area contributed by atoms with Crippen LogP contribution in [0.25, 0.3) is 0 Å². The predicted molar refractivity (Wildman–Crippen MR) is 107 cm³/mol. The molecule has 1 unspecified atom stereocenters. The number of anilines is 1. The van der Waals surface area contributed by atoms with Crippen molar-refractivity contribution in [1.82, 2.24) is 14.7 Å². The van der Waals surface area contributed by atoms with E-state index in [9.17, 15) is 4.79 Å². The van der Waals surface area contributed by atoms with Gasteiger partial charge in [-0.2, -0.15) is 5.10 Å². The van der Waals surface area contributed by atoms with Crippen LogP contribution < -0.4 is 10.1 Å². The van der Waals surface area contributed by atoms with E-state index >= 15 is 0 Å². The van der Waals surface area contributed by atoms with Gasteiger partial charge in [0.15, 0.2) is 0 Å². The van der Waals surface area contributed by atoms with Crippen molar-refractivity contribution in [3.8, 4) is 5.75 Å². The average Bonchev–Trinajstić information content (AvgIpc) is 3.34. The largest absolute Gasteiger partial charge is 0.492 e. The molecule has 1 N–H and O–H groups in total. The summed E-state index contributed by atoms with van der Waals surface area (Å²) in [5.74, 6) is 0.690. The summed E-state index contributed by atoms with van der Waals surface area (Å²) in [7, 11) is 0. The smallest absolute Gasteiger partial charge is 0.322 e. The second-order valence-corrected chi connectivity index (χ2v) is 7.14. The number of hydrogen-bond acceptors (Lipinski definition) is 4. The molecular weight excluding hydrogens is 356 g/mol. The SMILES string of the molecule is CCOc1ccccc1NC(=O)N1CCCC1c1nn(CC)c2c1COCC2. The summed E-state index contributed by atoms with van der Waals surface area (Å²) in [6, 6.07) is 7.43. The summed E-state index contributed by atoms with van der Waals surface area (Å²) in [6.45, 7) is 7.48. The van der Waals surface area contributed by atoms with Crippen molar-refractivity contribution in [3.05, 3.63) is 41.2 Å². The van der Waals surface area contributed by atoms with Crippen molar-refractivity contribution in [2.24, 2.45) is 0 Å². The van der Waals surface area contributed by atoms with Gasteiger partial charge >= 0.3 is 6.03 Å². The van der Waals surface area contributed by atoms with Crippen LogP contribution in [0.2, 0.25) is 0 Å². The zero-order valence-corrected chi connectivity index (χ0v) is 16.6. The molecule has 0 saturated carbocycles. The van der Waals surface area contributed by atoms with Gasteiger partial charge in [0, 0.05) is 30.8 Å². The minimum Gasteiger partial charge on any atom is -0.492 e. The number of urea groups is 1. The maximum absolute atomic E-state index is 13.1. The number of para-hydroxylation sites is 2. The van der Waals surface area contributed by atoms with Crippen molar-refractivity contribution < 1.29 is 14.3 Å². The fourth-order valence-corrected chi connectivity index (χ4v) is 4.20. The molecule has 2 aromatic rings. The van der Waals surface area contributed by atoms with Crippen LogP contribution in [0.15, 0.2) is 24.3 Å². The molecule has 1 aromatic carbocycles. The number of aryl methyl sites for hydroxylation is 1. The molecule has 2 amide bonds. The number of ether oxygens (including phenoxy) is 2. The van der Waals surface area contributed by atoms with Gasteiger partial charge in [-0.25, -0.2) is 4.79 Å². The Labute approximate surface area is 165 Å². The highest BCUT2D eigenvalue weighted by Gasteiger charge is 2.35. The van der Waals surface area contributed by atoms with E-state index in [1.54, 1.807) is 0 Å². The van der Waals surface area contributed by atoms with Gasteiger partial charge in [-0.05, 0) is 38.8 Å². The first-order valence-corrected chi connectivity index (χ1v) is 10.2. The lowest BCUT2D eigenvalue weighted by Gasteiger charge is -2.25. The number of carbonyl (C=O) groups is 1. The minimum absolute atomic E-state index is 0.0116. The van der Waals surface area contributed by atoms with Gasteiger partial charge in [0.2, 0.25) is 0 Å². The van der Waals surface area contributed by atoms with Gasteiger partial charge in [-0.3, -0.25) is 4.68 Å². The minimum atomic E-state index is -0.105. The van der Waals surface area contributed by atoms with Crippen LogP contribution >= 0.6 is 0 Å². The molecule has 150 valence electrons. The van der Waals surface area contributed by atoms with Gasteiger partial charge < -0.3 is 19.7 Å². The number of aromatic nitrogens is 2. The van der Waals surface area contributed by atoms with Crippen LogP contribution in [0.1, 0.15) is 49.7 Å². The second kappa shape index (κ2) is 8.22. The number of nitrogens with zero attached hydrogens (tertiary/aromatic N) is 3. The van der Waals surface area contributed by atoms with E-state index in [4.69, 9.17) is 14.6 Å². The van der Waals surface area contributed by atoms with Crippen molar-refractivity contribution in [2.45, 2.75) is 52.3 Å². The molecule has 0 aliphatic carbocycles. The van der Waals surface area contributed by atoms with Gasteiger partial charge in [0.05, 0.1) is 37.2 Å². The molecule has 3 heterocycles. The number of likely N-dealkylation sites (tertiary alicyclic amines) is 1. The first kappa shape index (κ1) is 18.8. The van der Waals surface area contributed by atoms with Crippen molar-refractivity contribution in [3.63, 3.8) is 0 Å². The monoisotopic (exact) mass is 384 g/mol. The van der Waals surface area contributed by atoms with Gasteiger partial charge in [0.25, 0.3) is 0 Å². The molecule has 1 atom stereocenters. The number of amides is 2. The normalized spacial score (nSPS) is 18.8. The van der Waals surface area contributed by atoms with Crippen LogP contribution in [0.5, 0.6) is 5.75 Å². The lowest BCUT2D eigenvalue weighted by molar-refractivity contribution is 0.107. The van der Waals surface area contributed by atoms with E-state index in [0.29, 0.717) is 24.7 Å². The van der Waals surface area contributed by atoms with Crippen molar-refractivity contribution in [1.29, 1.82) is 0 Å². The summed E-state index contributed by atoms with van der Waals surface area (Å²) in [6.07, 6.45) is 2.78. The third-order valence-corrected chi connectivity index (χ3v) is 5.48. The Hall–Kier alpha value is -2.54. The summed E-state index contributed by atoms with van der Waals surface area (Å²) in [5.41, 5.74) is 4.14. The number of nitrogens with one attached hydrogen (secondary N) is 1. The third-order valence-electron chi connectivity index (χ3n) is 5.48. The summed E-state index contributed by atoms with van der Waals surface area (Å²) in [4.78, 5) is 15.0. The fraction of sp³-hybridized carbons (Fsp3) is 0.524. The molecule has 1 fully saturated rings. The Morgan fingerprint density at radius 3 is 3.04 bits per heavy atom. The predicted octanol–water partition coefficient (Wildman–Crippen LogP) is 3.74. The summed E-state index contributed by atoms with van der Waals surface area (Å²) in [5, 5.41) is 7.90. The first-order chi connectivity index (χ1) is 13.7. The van der Waals surface area contributed by atoms with Crippen LogP contribution in [-0.4, -0.2) is 40.5 Å². The zero-order valence-electron chi connectivity index (χ0n) is 16.6. The van der Waals surface area contributed by atoms with Crippen LogP contribution in [0.4, 0.5) is 10.5 Å². The summed E-state index contributed by atoms with van der Waals surface area (Å²) < 4.78 is 13.4. The Balaban J connectivity index is 1.58. The van der Waals surface area contributed by atoms with Gasteiger partial charge in [-0.1, -0.05) is 12.1 Å². The van der Waals surface area contributed by atoms with E-state index in [0.717, 1.165) is 44.7 Å². The van der Waals surface area contributed by atoms with E-state index in [1.807, 2.05) is 36.1 Å². The van der Waals surface area contributed by atoms with E-state index in [2.05, 4.69) is 16.9 Å². The molecule has 28 heavy (non-hydrogen) atoms. The molecule has 1 aromatic heterocycles. The molecule has 2 aliphatic rings. The van der Waals surface area contributed by atoms with Gasteiger partial charge in [-0.15, -0.1) is 0 Å². The first-order valence-electron chi connectivity index (χ1n) is 10.2. The fourth-order valence-electron chi connectivity index (χ4n) is 4.20. The number of rotatable bonds is 5. The maximum atomic E-state index is 13.1. The lowest BCUT2D eigenvalue weighted by atomic mass is 10.0. The average molecular weight is 384 g/mol. The summed E-state index contributed by atoms with van der Waals surface area (Å²) >= 11 is 0. The van der Waals surface area contributed by atoms with Gasteiger partial charge in [0.1, 0.15) is 5.75 Å². The Morgan fingerprint density at radius 2 is 2.21 bits per heavy atom. The van der Waals surface area contributed by atoms with E-state index in [-0.39, 0.29) is 12.1 Å². The van der Waals surface area contributed by atoms with E-state index in [1.165, 1.54) is 11.3 Å². The highest BCUT2D eigenvalue weighted by Crippen LogP contribution is 2.36. The van der Waals surface area contributed by atoms with Crippen LogP contribution in [0, 0.1) is 0 Å². The van der Waals surface area contributed by atoms with Crippen molar-refractivity contribution >= 4 is 11.7 Å².